The summed E-state index contributed by atoms with van der Waals surface area (Å²) in [5.74, 6) is 0.870. The molecule has 0 spiro atoms. The average Bonchev–Trinajstić information content (AvgIpc) is 3.03. The van der Waals surface area contributed by atoms with E-state index in [1.54, 1.807) is 0 Å². The Morgan fingerprint density at radius 1 is 1.16 bits per heavy atom. The fourth-order valence-electron chi connectivity index (χ4n) is 5.42. The monoisotopic (exact) mass is 604 g/mol. The second-order valence-electron chi connectivity index (χ2n) is 10.8. The number of anilines is 1. The van der Waals surface area contributed by atoms with Crippen LogP contribution in [-0.4, -0.2) is 57.7 Å². The molecule has 11 heteroatoms. The number of unbranched alkanes of at least 4 members (excludes halogenated alkanes) is 2. The number of ether oxygens (including phenoxy) is 1. The summed E-state index contributed by atoms with van der Waals surface area (Å²) in [5.41, 5.74) is 6.20. The largest absolute Gasteiger partial charge is 0.508 e. The third kappa shape index (κ3) is 6.87. The number of piperidine rings is 1. The van der Waals surface area contributed by atoms with Gasteiger partial charge in [0.15, 0.2) is 11.6 Å². The molecular weight excluding hydrogens is 569 g/mol. The first-order valence-electron chi connectivity index (χ1n) is 14.8. The fraction of sp³-hybridized carbons (Fsp3) is 0.364. The van der Waals surface area contributed by atoms with Crippen molar-refractivity contribution in [2.24, 2.45) is 0 Å². The minimum Gasteiger partial charge on any atom is -0.508 e. The summed E-state index contributed by atoms with van der Waals surface area (Å²) in [4.78, 5) is 15.3. The van der Waals surface area contributed by atoms with E-state index in [0.29, 0.717) is 30.4 Å². The smallest absolute Gasteiger partial charge is 0.319 e. The molecule has 3 heterocycles. The van der Waals surface area contributed by atoms with E-state index < -0.39 is 11.6 Å². The Balaban J connectivity index is 1.55. The molecule has 3 N–H and O–H groups in total. The summed E-state index contributed by atoms with van der Waals surface area (Å²) in [6, 6.07) is 5.18. The maximum atomic E-state index is 16.4. The Kier molecular flexibility index (Phi) is 10.1. The van der Waals surface area contributed by atoms with Crippen LogP contribution < -0.4 is 15.6 Å². The van der Waals surface area contributed by atoms with Gasteiger partial charge < -0.3 is 15.3 Å². The van der Waals surface area contributed by atoms with Crippen molar-refractivity contribution in [3.8, 4) is 35.4 Å². The molecule has 1 fully saturated rings. The van der Waals surface area contributed by atoms with E-state index >= 15 is 4.39 Å². The predicted molar refractivity (Wildman–Crippen MR) is 166 cm³/mol. The summed E-state index contributed by atoms with van der Waals surface area (Å²) in [6.45, 7) is 4.79. The number of hydrogen-bond donors (Lipinski definition) is 3. The standard InChI is InChI=1S/C33H35F3N6O2/c1-3-5-7-12-38-41-32-26-18-37-30(25-16-23(43)15-22-10-11-27(35)24(4-2)28(22)25)29(36)31(26)39-33(40-32)44-20-21(17-34)19-42-13-8-6-9-14-42/h2,10-11,15-18,38,43H,3,5-9,12-14,19-20H2,1H3,(H,39,40,41)/b21-17+. The number of likely N-dealkylation sites (tertiary alicyclic amines) is 1. The fourth-order valence-corrected chi connectivity index (χ4v) is 5.42. The number of nitrogens with zero attached hydrogens (tertiary/aromatic N) is 4. The molecule has 230 valence electrons. The first-order chi connectivity index (χ1) is 21.4. The summed E-state index contributed by atoms with van der Waals surface area (Å²) in [5, 5.41) is 11.3. The van der Waals surface area contributed by atoms with Crippen LogP contribution in [0.1, 0.15) is 51.0 Å². The van der Waals surface area contributed by atoms with E-state index in [0.717, 1.165) is 51.6 Å². The number of nitrogens with one attached hydrogen (secondary N) is 2. The van der Waals surface area contributed by atoms with Crippen LogP contribution in [0.2, 0.25) is 0 Å². The molecule has 2 aromatic carbocycles. The van der Waals surface area contributed by atoms with Crippen LogP contribution >= 0.6 is 0 Å². The normalized spacial score (nSPS) is 14.2. The van der Waals surface area contributed by atoms with Crippen molar-refractivity contribution < 1.29 is 23.0 Å². The number of aromatic nitrogens is 3. The van der Waals surface area contributed by atoms with Crippen molar-refractivity contribution in [2.75, 3.05) is 38.2 Å². The summed E-state index contributed by atoms with van der Waals surface area (Å²) in [7, 11) is 0. The van der Waals surface area contributed by atoms with Crippen molar-refractivity contribution in [1.82, 2.24) is 25.3 Å². The van der Waals surface area contributed by atoms with Crippen LogP contribution in [0, 0.1) is 24.0 Å². The van der Waals surface area contributed by atoms with Gasteiger partial charge in [-0.25, -0.2) is 18.6 Å². The van der Waals surface area contributed by atoms with E-state index in [1.807, 2.05) is 0 Å². The third-order valence-electron chi connectivity index (χ3n) is 7.64. The highest BCUT2D eigenvalue weighted by atomic mass is 19.1. The van der Waals surface area contributed by atoms with Gasteiger partial charge in [-0.05, 0) is 55.9 Å². The first kappa shape index (κ1) is 31.0. The SMILES string of the molecule is C#Cc1c(F)ccc2cc(O)cc(-c3ncc4c(NNCCCCC)nc(OC/C(=C/F)CN5CCCCC5)nc4c3F)c12. The van der Waals surface area contributed by atoms with Crippen LogP contribution in [0.25, 0.3) is 32.9 Å². The van der Waals surface area contributed by atoms with Crippen molar-refractivity contribution in [1.29, 1.82) is 0 Å². The number of halogens is 3. The van der Waals surface area contributed by atoms with Gasteiger partial charge in [0.25, 0.3) is 0 Å². The molecule has 0 saturated carbocycles. The molecule has 1 aliphatic heterocycles. The van der Waals surface area contributed by atoms with Crippen LogP contribution in [0.4, 0.5) is 19.0 Å². The molecule has 0 unspecified atom stereocenters. The number of benzene rings is 2. The number of aromatic hydroxyl groups is 1. The number of phenols is 1. The molecule has 4 aromatic rings. The second-order valence-corrected chi connectivity index (χ2v) is 10.8. The molecule has 0 aliphatic carbocycles. The summed E-state index contributed by atoms with van der Waals surface area (Å²) >= 11 is 0. The lowest BCUT2D eigenvalue weighted by molar-refractivity contribution is 0.231. The number of pyridine rings is 1. The molecule has 1 saturated heterocycles. The van der Waals surface area contributed by atoms with Gasteiger partial charge in [-0.1, -0.05) is 38.2 Å². The lowest BCUT2D eigenvalue weighted by Gasteiger charge is -2.27. The van der Waals surface area contributed by atoms with Crippen molar-refractivity contribution in [3.63, 3.8) is 0 Å². The van der Waals surface area contributed by atoms with Gasteiger partial charge in [0.1, 0.15) is 29.4 Å². The van der Waals surface area contributed by atoms with E-state index in [-0.39, 0.29) is 57.3 Å². The molecule has 1 aliphatic rings. The Morgan fingerprint density at radius 3 is 2.73 bits per heavy atom. The number of hydrogen-bond acceptors (Lipinski definition) is 8. The van der Waals surface area contributed by atoms with Crippen molar-refractivity contribution >= 4 is 27.5 Å². The zero-order valence-electron chi connectivity index (χ0n) is 24.6. The highest BCUT2D eigenvalue weighted by Crippen LogP contribution is 2.38. The average molecular weight is 605 g/mol. The van der Waals surface area contributed by atoms with E-state index in [9.17, 15) is 13.9 Å². The first-order valence-corrected chi connectivity index (χ1v) is 14.8. The maximum absolute atomic E-state index is 16.4. The zero-order valence-corrected chi connectivity index (χ0v) is 24.6. The molecule has 8 nitrogen and oxygen atoms in total. The molecule has 0 atom stereocenters. The van der Waals surface area contributed by atoms with Gasteiger partial charge in [0, 0.05) is 35.8 Å². The number of hydrazine groups is 1. The maximum Gasteiger partial charge on any atom is 0.319 e. The minimum atomic E-state index is -0.850. The van der Waals surface area contributed by atoms with E-state index in [1.165, 1.54) is 30.5 Å². The highest BCUT2D eigenvalue weighted by Gasteiger charge is 2.22. The predicted octanol–water partition coefficient (Wildman–Crippen LogP) is 6.63. The number of phenolic OH excluding ortho intramolecular Hbond substituents is 1. The summed E-state index contributed by atoms with van der Waals surface area (Å²) < 4.78 is 50.7. The van der Waals surface area contributed by atoms with Gasteiger partial charge in [-0.2, -0.15) is 9.97 Å². The van der Waals surface area contributed by atoms with Crippen LogP contribution in [0.3, 0.4) is 0 Å². The number of fused-ring (bicyclic) bond motifs is 2. The van der Waals surface area contributed by atoms with Crippen molar-refractivity contribution in [3.05, 3.63) is 59.6 Å². The topological polar surface area (TPSA) is 95.4 Å². The number of rotatable bonds is 12. The summed E-state index contributed by atoms with van der Waals surface area (Å²) in [6.07, 6.45) is 13.8. The molecular formula is C33H35F3N6O2. The molecule has 44 heavy (non-hydrogen) atoms. The molecule has 0 amide bonds. The lowest BCUT2D eigenvalue weighted by Crippen LogP contribution is -2.32. The van der Waals surface area contributed by atoms with Crippen LogP contribution in [0.5, 0.6) is 11.8 Å². The van der Waals surface area contributed by atoms with Gasteiger partial charge >= 0.3 is 6.01 Å². The Bertz CT molecular complexity index is 1720. The third-order valence-corrected chi connectivity index (χ3v) is 7.64. The highest BCUT2D eigenvalue weighted by molar-refractivity contribution is 6.02. The number of terminal acetylenes is 1. The van der Waals surface area contributed by atoms with Gasteiger partial charge in [0.05, 0.1) is 17.3 Å². The molecule has 5 rings (SSSR count). The second kappa shape index (κ2) is 14.4. The lowest BCUT2D eigenvalue weighted by atomic mass is 9.96. The van der Waals surface area contributed by atoms with Crippen molar-refractivity contribution in [2.45, 2.75) is 45.4 Å². The van der Waals surface area contributed by atoms with Gasteiger partial charge in [-0.15, -0.1) is 6.42 Å². The van der Waals surface area contributed by atoms with Gasteiger partial charge in [0.2, 0.25) is 0 Å². The Labute approximate surface area is 254 Å². The minimum absolute atomic E-state index is 0.0802. The molecule has 2 aromatic heterocycles. The molecule has 0 radical (unpaired) electrons. The van der Waals surface area contributed by atoms with E-state index in [4.69, 9.17) is 11.2 Å². The van der Waals surface area contributed by atoms with Gasteiger partial charge in [-0.3, -0.25) is 9.88 Å². The van der Waals surface area contributed by atoms with Crippen LogP contribution in [0.15, 0.2) is 42.4 Å². The molecule has 0 bridgehead atoms. The van der Waals surface area contributed by atoms with E-state index in [2.05, 4.69) is 43.5 Å². The quantitative estimate of drug-likeness (QED) is 0.0942. The van der Waals surface area contributed by atoms with Crippen LogP contribution in [-0.2, 0) is 0 Å². The Morgan fingerprint density at radius 2 is 1.98 bits per heavy atom. The Hall–Kier alpha value is -4.40. The zero-order chi connectivity index (χ0) is 31.1.